The number of anilines is 2. The largest absolute Gasteiger partial charge is 0.417 e. The molecule has 1 aromatic heterocycles. The second-order valence-electron chi connectivity index (χ2n) is 6.11. The lowest BCUT2D eigenvalue weighted by Gasteiger charge is -2.36. The average Bonchev–Trinajstić information content (AvgIpc) is 3.03. The standard InChI is InChI=1S/C18H17ClN4O3/c19-12-1-3-13(4-2-12)20-17(24)23-9-7-22(8-10-23)14-5-6-16-15(11-14)21-18(25)26-16/h1-6,11H,7-10H2,(H,20,24)(H,21,25). The van der Waals surface area contributed by atoms with Crippen LogP contribution in [0.25, 0.3) is 11.1 Å². The van der Waals surface area contributed by atoms with Gasteiger partial charge in [-0.2, -0.15) is 0 Å². The molecule has 134 valence electrons. The summed E-state index contributed by atoms with van der Waals surface area (Å²) < 4.78 is 5.02. The van der Waals surface area contributed by atoms with Gasteiger partial charge in [-0.05, 0) is 42.5 Å². The van der Waals surface area contributed by atoms with Gasteiger partial charge < -0.3 is 19.5 Å². The molecule has 0 atom stereocenters. The molecule has 0 aliphatic carbocycles. The predicted octanol–water partition coefficient (Wildman–Crippen LogP) is 3.13. The number of hydrogen-bond donors (Lipinski definition) is 2. The van der Waals surface area contributed by atoms with Crippen molar-refractivity contribution in [1.82, 2.24) is 9.88 Å². The van der Waals surface area contributed by atoms with Crippen LogP contribution in [0.1, 0.15) is 0 Å². The first kappa shape index (κ1) is 16.5. The zero-order valence-electron chi connectivity index (χ0n) is 13.9. The van der Waals surface area contributed by atoms with E-state index in [9.17, 15) is 9.59 Å². The predicted molar refractivity (Wildman–Crippen MR) is 101 cm³/mol. The van der Waals surface area contributed by atoms with Crippen molar-refractivity contribution in [3.8, 4) is 0 Å². The molecule has 1 aliphatic heterocycles. The summed E-state index contributed by atoms with van der Waals surface area (Å²) in [5, 5.41) is 3.51. The van der Waals surface area contributed by atoms with Crippen LogP contribution in [0.2, 0.25) is 5.02 Å². The number of nitrogens with one attached hydrogen (secondary N) is 2. The zero-order chi connectivity index (χ0) is 18.1. The summed E-state index contributed by atoms with van der Waals surface area (Å²) in [4.78, 5) is 30.3. The normalized spacial score (nSPS) is 14.7. The molecule has 0 unspecified atom stereocenters. The molecular weight excluding hydrogens is 356 g/mol. The van der Waals surface area contributed by atoms with Gasteiger partial charge in [-0.3, -0.25) is 4.98 Å². The number of benzene rings is 2. The third kappa shape index (κ3) is 3.39. The molecule has 1 saturated heterocycles. The minimum Gasteiger partial charge on any atom is -0.408 e. The van der Waals surface area contributed by atoms with Gasteiger partial charge in [0.1, 0.15) is 0 Å². The fourth-order valence-corrected chi connectivity index (χ4v) is 3.17. The number of fused-ring (bicyclic) bond motifs is 1. The van der Waals surface area contributed by atoms with Gasteiger partial charge in [0.15, 0.2) is 5.58 Å². The number of carbonyl (C=O) groups is 1. The highest BCUT2D eigenvalue weighted by Crippen LogP contribution is 2.22. The number of aromatic nitrogens is 1. The van der Waals surface area contributed by atoms with Crippen LogP contribution in [0.5, 0.6) is 0 Å². The number of aromatic amines is 1. The van der Waals surface area contributed by atoms with Crippen molar-refractivity contribution in [3.05, 3.63) is 58.0 Å². The van der Waals surface area contributed by atoms with Gasteiger partial charge in [0.25, 0.3) is 0 Å². The van der Waals surface area contributed by atoms with Gasteiger partial charge in [-0.1, -0.05) is 11.6 Å². The van der Waals surface area contributed by atoms with E-state index in [4.69, 9.17) is 16.0 Å². The molecule has 2 amide bonds. The van der Waals surface area contributed by atoms with Crippen LogP contribution >= 0.6 is 11.6 Å². The summed E-state index contributed by atoms with van der Waals surface area (Å²) in [6, 6.07) is 12.5. The number of carbonyl (C=O) groups excluding carboxylic acids is 1. The number of piperazine rings is 1. The maximum Gasteiger partial charge on any atom is 0.417 e. The molecule has 7 nitrogen and oxygen atoms in total. The molecule has 0 spiro atoms. The molecule has 0 bridgehead atoms. The topological polar surface area (TPSA) is 81.6 Å². The van der Waals surface area contributed by atoms with Crippen molar-refractivity contribution < 1.29 is 9.21 Å². The van der Waals surface area contributed by atoms with E-state index in [1.165, 1.54) is 0 Å². The van der Waals surface area contributed by atoms with E-state index >= 15 is 0 Å². The molecule has 2 N–H and O–H groups in total. The van der Waals surface area contributed by atoms with Crippen LogP contribution < -0.4 is 16.0 Å². The van der Waals surface area contributed by atoms with E-state index in [1.54, 1.807) is 35.2 Å². The van der Waals surface area contributed by atoms with Crippen molar-refractivity contribution in [2.24, 2.45) is 0 Å². The quantitative estimate of drug-likeness (QED) is 0.724. The first-order valence-corrected chi connectivity index (χ1v) is 8.65. The number of hydrogen-bond acceptors (Lipinski definition) is 4. The second kappa shape index (κ2) is 6.76. The molecule has 0 saturated carbocycles. The Hall–Kier alpha value is -2.93. The molecule has 3 aromatic rings. The van der Waals surface area contributed by atoms with Gasteiger partial charge in [0.05, 0.1) is 5.52 Å². The Balaban J connectivity index is 1.38. The molecule has 0 radical (unpaired) electrons. The minimum atomic E-state index is -0.458. The van der Waals surface area contributed by atoms with Crippen molar-refractivity contribution in [2.75, 3.05) is 36.4 Å². The molecule has 2 heterocycles. The Labute approximate surface area is 154 Å². The Kier molecular flexibility index (Phi) is 4.30. The van der Waals surface area contributed by atoms with Crippen molar-refractivity contribution in [3.63, 3.8) is 0 Å². The summed E-state index contributed by atoms with van der Waals surface area (Å²) in [5.74, 6) is -0.458. The second-order valence-corrected chi connectivity index (χ2v) is 6.54. The number of halogens is 1. The molecular formula is C18H17ClN4O3. The number of H-pyrrole nitrogens is 1. The fourth-order valence-electron chi connectivity index (χ4n) is 3.04. The molecule has 1 aliphatic rings. The van der Waals surface area contributed by atoms with Crippen LogP contribution in [0.3, 0.4) is 0 Å². The third-order valence-corrected chi connectivity index (χ3v) is 4.68. The van der Waals surface area contributed by atoms with Crippen LogP contribution in [0.4, 0.5) is 16.2 Å². The van der Waals surface area contributed by atoms with E-state index in [2.05, 4.69) is 15.2 Å². The summed E-state index contributed by atoms with van der Waals surface area (Å²) in [7, 11) is 0. The van der Waals surface area contributed by atoms with Crippen LogP contribution in [-0.4, -0.2) is 42.1 Å². The molecule has 8 heteroatoms. The number of rotatable bonds is 2. The van der Waals surface area contributed by atoms with Gasteiger partial charge in [0.2, 0.25) is 0 Å². The zero-order valence-corrected chi connectivity index (χ0v) is 14.6. The molecule has 4 rings (SSSR count). The van der Waals surface area contributed by atoms with Crippen LogP contribution in [-0.2, 0) is 0 Å². The summed E-state index contributed by atoms with van der Waals surface area (Å²) in [6.45, 7) is 2.64. The highest BCUT2D eigenvalue weighted by Gasteiger charge is 2.21. The van der Waals surface area contributed by atoms with Crippen molar-refractivity contribution in [1.29, 1.82) is 0 Å². The van der Waals surface area contributed by atoms with E-state index in [0.717, 1.165) is 11.4 Å². The van der Waals surface area contributed by atoms with E-state index < -0.39 is 5.76 Å². The first-order valence-electron chi connectivity index (χ1n) is 8.28. The molecule has 26 heavy (non-hydrogen) atoms. The van der Waals surface area contributed by atoms with Gasteiger partial charge in [-0.25, -0.2) is 9.59 Å². The lowest BCUT2D eigenvalue weighted by molar-refractivity contribution is 0.208. The van der Waals surface area contributed by atoms with Gasteiger partial charge in [-0.15, -0.1) is 0 Å². The number of oxazole rings is 1. The smallest absolute Gasteiger partial charge is 0.408 e. The van der Waals surface area contributed by atoms with E-state index in [-0.39, 0.29) is 6.03 Å². The number of nitrogens with zero attached hydrogens (tertiary/aromatic N) is 2. The first-order chi connectivity index (χ1) is 12.6. The lowest BCUT2D eigenvalue weighted by Crippen LogP contribution is -2.50. The Bertz CT molecular complexity index is 988. The Morgan fingerprint density at radius 3 is 2.54 bits per heavy atom. The van der Waals surface area contributed by atoms with Gasteiger partial charge in [0, 0.05) is 42.6 Å². The Morgan fingerprint density at radius 1 is 1.08 bits per heavy atom. The van der Waals surface area contributed by atoms with Crippen LogP contribution in [0.15, 0.2) is 51.7 Å². The van der Waals surface area contributed by atoms with Crippen LogP contribution in [0, 0.1) is 0 Å². The van der Waals surface area contributed by atoms with Gasteiger partial charge >= 0.3 is 11.8 Å². The highest BCUT2D eigenvalue weighted by molar-refractivity contribution is 6.30. The minimum absolute atomic E-state index is 0.124. The fraction of sp³-hybridized carbons (Fsp3) is 0.222. The maximum absolute atomic E-state index is 12.4. The molecule has 1 fully saturated rings. The number of amides is 2. The maximum atomic E-state index is 12.4. The molecule has 2 aromatic carbocycles. The Morgan fingerprint density at radius 2 is 1.81 bits per heavy atom. The summed E-state index contributed by atoms with van der Waals surface area (Å²) in [5.41, 5.74) is 2.93. The summed E-state index contributed by atoms with van der Waals surface area (Å²) in [6.07, 6.45) is 0. The summed E-state index contributed by atoms with van der Waals surface area (Å²) >= 11 is 5.85. The van der Waals surface area contributed by atoms with E-state index in [0.29, 0.717) is 42.3 Å². The number of urea groups is 1. The van der Waals surface area contributed by atoms with Crippen molar-refractivity contribution >= 4 is 40.1 Å². The third-order valence-electron chi connectivity index (χ3n) is 4.43. The van der Waals surface area contributed by atoms with Crippen molar-refractivity contribution in [2.45, 2.75) is 0 Å². The average molecular weight is 373 g/mol. The van der Waals surface area contributed by atoms with E-state index in [1.807, 2.05) is 12.1 Å². The highest BCUT2D eigenvalue weighted by atomic mass is 35.5. The lowest BCUT2D eigenvalue weighted by atomic mass is 10.2. The SMILES string of the molecule is O=C(Nc1ccc(Cl)cc1)N1CCN(c2ccc3oc(=O)[nH]c3c2)CC1. The monoisotopic (exact) mass is 372 g/mol.